The van der Waals surface area contributed by atoms with Crippen LogP contribution >= 0.6 is 0 Å². The molecular weight excluding hydrogens is 418 g/mol. The van der Waals surface area contributed by atoms with Gasteiger partial charge in [0.15, 0.2) is 5.82 Å². The van der Waals surface area contributed by atoms with Crippen molar-refractivity contribution in [3.8, 4) is 22.9 Å². The van der Waals surface area contributed by atoms with E-state index >= 15 is 0 Å². The molecular formula is C25H23N5O3. The number of aromatic nitrogens is 4. The van der Waals surface area contributed by atoms with Gasteiger partial charge in [-0.2, -0.15) is 9.67 Å². The van der Waals surface area contributed by atoms with Crippen molar-refractivity contribution in [2.45, 2.75) is 6.54 Å². The van der Waals surface area contributed by atoms with E-state index in [0.29, 0.717) is 29.6 Å². The van der Waals surface area contributed by atoms with Crippen molar-refractivity contribution < 1.29 is 14.3 Å². The summed E-state index contributed by atoms with van der Waals surface area (Å²) in [6.45, 7) is 0.401. The van der Waals surface area contributed by atoms with Gasteiger partial charge in [0, 0.05) is 41.7 Å². The maximum absolute atomic E-state index is 13.1. The van der Waals surface area contributed by atoms with E-state index in [1.807, 2.05) is 54.6 Å². The second-order valence-corrected chi connectivity index (χ2v) is 6.99. The molecule has 0 radical (unpaired) electrons. The highest BCUT2D eigenvalue weighted by Gasteiger charge is 2.16. The smallest absolute Gasteiger partial charge is 0.274 e. The van der Waals surface area contributed by atoms with E-state index < -0.39 is 0 Å². The Labute approximate surface area is 191 Å². The summed E-state index contributed by atoms with van der Waals surface area (Å²) >= 11 is 0. The standard InChI is InChI=1S/C25H23N5O3/c1-32-21-11-5-3-8-18(21)13-14-23(31)30-25(27-17-19-9-4-6-12-22(19)33-2)28-24(29-30)20-10-7-15-26-16-20/h3-16H,17H2,1-2H3,(H,27,28,29)/b14-13+. The summed E-state index contributed by atoms with van der Waals surface area (Å²) in [4.78, 5) is 21.7. The Hall–Kier alpha value is -4.46. The Bertz CT molecular complexity index is 1270. The molecule has 0 aliphatic carbocycles. The Balaban J connectivity index is 1.64. The van der Waals surface area contributed by atoms with Crippen LogP contribution in [0.4, 0.5) is 5.95 Å². The average Bonchev–Trinajstić information content (AvgIpc) is 3.31. The first-order valence-electron chi connectivity index (χ1n) is 10.3. The lowest BCUT2D eigenvalue weighted by Crippen LogP contribution is -2.15. The summed E-state index contributed by atoms with van der Waals surface area (Å²) in [6.07, 6.45) is 6.45. The minimum Gasteiger partial charge on any atom is -0.496 e. The first-order valence-corrected chi connectivity index (χ1v) is 10.3. The number of nitrogens with one attached hydrogen (secondary N) is 1. The monoisotopic (exact) mass is 441 g/mol. The van der Waals surface area contributed by atoms with Crippen molar-refractivity contribution in [1.29, 1.82) is 0 Å². The molecule has 0 fully saturated rings. The number of carbonyl (C=O) groups is 1. The van der Waals surface area contributed by atoms with Crippen molar-refractivity contribution in [1.82, 2.24) is 19.7 Å². The van der Waals surface area contributed by atoms with Gasteiger partial charge < -0.3 is 14.8 Å². The predicted octanol–water partition coefficient (Wildman–Crippen LogP) is 4.32. The molecule has 0 saturated carbocycles. The number of hydrogen-bond acceptors (Lipinski definition) is 7. The van der Waals surface area contributed by atoms with Crippen molar-refractivity contribution >= 4 is 17.9 Å². The molecule has 0 bridgehead atoms. The second-order valence-electron chi connectivity index (χ2n) is 6.99. The van der Waals surface area contributed by atoms with Crippen molar-refractivity contribution in [2.75, 3.05) is 19.5 Å². The van der Waals surface area contributed by atoms with Crippen LogP contribution in [0.5, 0.6) is 11.5 Å². The van der Waals surface area contributed by atoms with Gasteiger partial charge in [0.05, 0.1) is 14.2 Å². The second kappa shape index (κ2) is 10.2. The topological polar surface area (TPSA) is 91.2 Å². The molecule has 2 aromatic heterocycles. The van der Waals surface area contributed by atoms with E-state index in [9.17, 15) is 4.79 Å². The summed E-state index contributed by atoms with van der Waals surface area (Å²) in [5.74, 6) is 1.77. The summed E-state index contributed by atoms with van der Waals surface area (Å²) in [5, 5.41) is 7.64. The number of benzene rings is 2. The number of rotatable bonds is 8. The lowest BCUT2D eigenvalue weighted by Gasteiger charge is -2.09. The van der Waals surface area contributed by atoms with Gasteiger partial charge in [0.25, 0.3) is 5.91 Å². The minimum absolute atomic E-state index is 0.314. The van der Waals surface area contributed by atoms with E-state index in [2.05, 4.69) is 20.4 Å². The third-order valence-corrected chi connectivity index (χ3v) is 4.91. The zero-order valence-electron chi connectivity index (χ0n) is 18.3. The van der Waals surface area contributed by atoms with Crippen LogP contribution in [0.3, 0.4) is 0 Å². The van der Waals surface area contributed by atoms with Gasteiger partial charge in [-0.05, 0) is 30.3 Å². The van der Waals surface area contributed by atoms with E-state index in [4.69, 9.17) is 9.47 Å². The SMILES string of the molecule is COc1ccccc1/C=C/C(=O)n1nc(-c2cccnc2)nc1NCc1ccccc1OC. The molecule has 0 aliphatic rings. The van der Waals surface area contributed by atoms with Crippen LogP contribution in [-0.4, -0.2) is 39.9 Å². The molecule has 1 N–H and O–H groups in total. The molecule has 4 rings (SSSR count). The Kier molecular flexibility index (Phi) is 6.75. The molecule has 2 aromatic carbocycles. The van der Waals surface area contributed by atoms with Gasteiger partial charge in [0.1, 0.15) is 11.5 Å². The number of carbonyl (C=O) groups excluding carboxylic acids is 1. The minimum atomic E-state index is -0.355. The zero-order chi connectivity index (χ0) is 23.0. The van der Waals surface area contributed by atoms with Crippen molar-refractivity contribution in [3.05, 3.63) is 90.3 Å². The summed E-state index contributed by atoms with van der Waals surface area (Å²) < 4.78 is 12.0. The quantitative estimate of drug-likeness (QED) is 0.407. The number of nitrogens with zero attached hydrogens (tertiary/aromatic N) is 4. The highest BCUT2D eigenvalue weighted by Crippen LogP contribution is 2.22. The van der Waals surface area contributed by atoms with E-state index in [1.165, 1.54) is 10.8 Å². The number of anilines is 1. The third kappa shape index (κ3) is 5.07. The van der Waals surface area contributed by atoms with Crippen LogP contribution in [0, 0.1) is 0 Å². The number of pyridine rings is 1. The zero-order valence-corrected chi connectivity index (χ0v) is 18.3. The third-order valence-electron chi connectivity index (χ3n) is 4.91. The van der Waals surface area contributed by atoms with Crippen molar-refractivity contribution in [3.63, 3.8) is 0 Å². The van der Waals surface area contributed by atoms with Crippen LogP contribution in [0.2, 0.25) is 0 Å². The van der Waals surface area contributed by atoms with Gasteiger partial charge in [-0.15, -0.1) is 5.10 Å². The molecule has 33 heavy (non-hydrogen) atoms. The normalized spacial score (nSPS) is 10.8. The summed E-state index contributed by atoms with van der Waals surface area (Å²) in [5.41, 5.74) is 2.41. The number of para-hydroxylation sites is 2. The number of allylic oxidation sites excluding steroid dienone is 1. The van der Waals surface area contributed by atoms with E-state index in [1.54, 1.807) is 38.8 Å². The van der Waals surface area contributed by atoms with Gasteiger partial charge in [0.2, 0.25) is 5.95 Å². The first-order chi connectivity index (χ1) is 16.2. The van der Waals surface area contributed by atoms with Gasteiger partial charge in [-0.25, -0.2) is 0 Å². The summed E-state index contributed by atoms with van der Waals surface area (Å²) in [7, 11) is 3.21. The molecule has 0 saturated heterocycles. The largest absolute Gasteiger partial charge is 0.496 e. The average molecular weight is 441 g/mol. The fourth-order valence-electron chi connectivity index (χ4n) is 3.26. The highest BCUT2D eigenvalue weighted by molar-refractivity contribution is 5.95. The molecule has 0 unspecified atom stereocenters. The lowest BCUT2D eigenvalue weighted by atomic mass is 10.2. The molecule has 0 atom stereocenters. The predicted molar refractivity (Wildman–Crippen MR) is 126 cm³/mol. The Morgan fingerprint density at radius 1 is 1.00 bits per heavy atom. The lowest BCUT2D eigenvalue weighted by molar-refractivity contribution is 0.0957. The summed E-state index contributed by atoms with van der Waals surface area (Å²) in [6, 6.07) is 18.7. The van der Waals surface area contributed by atoms with E-state index in [0.717, 1.165) is 16.9 Å². The number of ether oxygens (including phenoxy) is 2. The van der Waals surface area contributed by atoms with Gasteiger partial charge in [-0.1, -0.05) is 36.4 Å². The highest BCUT2D eigenvalue weighted by atomic mass is 16.5. The first kappa shape index (κ1) is 21.8. The maximum Gasteiger partial charge on any atom is 0.274 e. The van der Waals surface area contributed by atoms with Gasteiger partial charge in [-0.3, -0.25) is 9.78 Å². The molecule has 2 heterocycles. The van der Waals surface area contributed by atoms with Crippen molar-refractivity contribution in [2.24, 2.45) is 0 Å². The molecule has 4 aromatic rings. The number of methoxy groups -OCH3 is 2. The molecule has 8 heteroatoms. The Morgan fingerprint density at radius 2 is 1.76 bits per heavy atom. The van der Waals surface area contributed by atoms with Crippen LogP contribution in [0.1, 0.15) is 15.9 Å². The maximum atomic E-state index is 13.1. The van der Waals surface area contributed by atoms with Crippen LogP contribution in [0.15, 0.2) is 79.1 Å². The van der Waals surface area contributed by atoms with Crippen LogP contribution in [0.25, 0.3) is 17.5 Å². The fourth-order valence-corrected chi connectivity index (χ4v) is 3.26. The van der Waals surface area contributed by atoms with Gasteiger partial charge >= 0.3 is 0 Å². The molecule has 0 spiro atoms. The number of hydrogen-bond donors (Lipinski definition) is 1. The fraction of sp³-hybridized carbons (Fsp3) is 0.120. The molecule has 8 nitrogen and oxygen atoms in total. The van der Waals surface area contributed by atoms with Crippen LogP contribution in [-0.2, 0) is 6.54 Å². The molecule has 0 aliphatic heterocycles. The van der Waals surface area contributed by atoms with E-state index in [-0.39, 0.29) is 5.91 Å². The molecule has 166 valence electrons. The van der Waals surface area contributed by atoms with Crippen LogP contribution < -0.4 is 14.8 Å². The Morgan fingerprint density at radius 3 is 2.52 bits per heavy atom. The molecule has 0 amide bonds.